The summed E-state index contributed by atoms with van der Waals surface area (Å²) < 4.78 is 0. The Bertz CT molecular complexity index is 615. The molecule has 1 aliphatic heterocycles. The first-order valence-electron chi connectivity index (χ1n) is 10.7. The lowest BCUT2D eigenvalue weighted by atomic mass is 10.0. The van der Waals surface area contributed by atoms with Crippen LogP contribution in [0.3, 0.4) is 0 Å². The lowest BCUT2D eigenvalue weighted by Crippen LogP contribution is -2.53. The number of hydrogen-bond donors (Lipinski definition) is 2. The van der Waals surface area contributed by atoms with Crippen molar-refractivity contribution in [3.8, 4) is 0 Å². The van der Waals surface area contributed by atoms with E-state index in [4.69, 9.17) is 4.99 Å². The molecule has 1 aliphatic rings. The maximum atomic E-state index is 11.7. The van der Waals surface area contributed by atoms with Crippen LogP contribution in [-0.2, 0) is 4.79 Å². The van der Waals surface area contributed by atoms with E-state index in [-0.39, 0.29) is 35.8 Å². The van der Waals surface area contributed by atoms with Gasteiger partial charge in [0.05, 0.1) is 6.54 Å². The summed E-state index contributed by atoms with van der Waals surface area (Å²) in [6.45, 7) is 14.2. The molecule has 2 rings (SSSR count). The Morgan fingerprint density at radius 1 is 1.07 bits per heavy atom. The van der Waals surface area contributed by atoms with Gasteiger partial charge in [0, 0.05) is 51.2 Å². The van der Waals surface area contributed by atoms with Gasteiger partial charge in [0.25, 0.3) is 0 Å². The fraction of sp³-hybridized carbons (Fsp3) is 0.636. The fourth-order valence-corrected chi connectivity index (χ4v) is 3.60. The van der Waals surface area contributed by atoms with Gasteiger partial charge in [-0.05, 0) is 18.9 Å². The van der Waals surface area contributed by atoms with Crippen molar-refractivity contribution in [2.75, 3.05) is 45.8 Å². The molecule has 0 bridgehead atoms. The number of carbonyl (C=O) groups is 1. The maximum absolute atomic E-state index is 11.7. The van der Waals surface area contributed by atoms with Gasteiger partial charge in [-0.15, -0.1) is 24.0 Å². The average Bonchev–Trinajstić information content (AvgIpc) is 2.72. The molecule has 29 heavy (non-hydrogen) atoms. The van der Waals surface area contributed by atoms with Crippen LogP contribution in [0.25, 0.3) is 0 Å². The van der Waals surface area contributed by atoms with Crippen LogP contribution < -0.4 is 10.6 Å². The number of hydrogen-bond acceptors (Lipinski definition) is 3. The lowest BCUT2D eigenvalue weighted by molar-refractivity contribution is -0.123. The van der Waals surface area contributed by atoms with Crippen LogP contribution in [0.2, 0.25) is 0 Å². The topological polar surface area (TPSA) is 60.0 Å². The molecule has 0 saturated carbocycles. The predicted molar refractivity (Wildman–Crippen MR) is 132 cm³/mol. The highest BCUT2D eigenvalue weighted by Gasteiger charge is 2.25. The SMILES string of the molecule is CCNC(=NCCNC(=O)C(C)C)N1CCN(C(CC)c2ccccc2)CC1.I. The van der Waals surface area contributed by atoms with Crippen molar-refractivity contribution >= 4 is 35.8 Å². The van der Waals surface area contributed by atoms with Crippen molar-refractivity contribution < 1.29 is 4.79 Å². The first-order valence-corrected chi connectivity index (χ1v) is 10.7. The maximum Gasteiger partial charge on any atom is 0.222 e. The average molecular weight is 515 g/mol. The molecule has 1 aromatic carbocycles. The Kier molecular flexibility index (Phi) is 12.2. The van der Waals surface area contributed by atoms with Crippen LogP contribution in [0.1, 0.15) is 45.7 Å². The summed E-state index contributed by atoms with van der Waals surface area (Å²) in [6, 6.07) is 11.3. The predicted octanol–water partition coefficient (Wildman–Crippen LogP) is 3.11. The first kappa shape index (κ1) is 25.7. The Labute approximate surface area is 193 Å². The third-order valence-electron chi connectivity index (χ3n) is 5.16. The van der Waals surface area contributed by atoms with Crippen LogP contribution in [-0.4, -0.2) is 67.5 Å². The van der Waals surface area contributed by atoms with Crippen molar-refractivity contribution in [1.82, 2.24) is 20.4 Å². The van der Waals surface area contributed by atoms with Gasteiger partial charge in [-0.2, -0.15) is 0 Å². The number of piperazine rings is 1. The summed E-state index contributed by atoms with van der Waals surface area (Å²) >= 11 is 0. The molecule has 164 valence electrons. The van der Waals surface area contributed by atoms with E-state index < -0.39 is 0 Å². The van der Waals surface area contributed by atoms with E-state index in [9.17, 15) is 4.79 Å². The third kappa shape index (κ3) is 8.12. The first-order chi connectivity index (χ1) is 13.6. The molecule has 6 nitrogen and oxygen atoms in total. The van der Waals surface area contributed by atoms with Gasteiger partial charge in [0.1, 0.15) is 0 Å². The van der Waals surface area contributed by atoms with E-state index in [0.717, 1.165) is 45.1 Å². The molecule has 1 amide bonds. The number of carbonyl (C=O) groups excluding carboxylic acids is 1. The zero-order valence-corrected chi connectivity index (χ0v) is 20.7. The van der Waals surface area contributed by atoms with Gasteiger partial charge in [-0.1, -0.05) is 51.1 Å². The second-order valence-corrected chi connectivity index (χ2v) is 7.54. The molecule has 0 spiro atoms. The Morgan fingerprint density at radius 3 is 2.28 bits per heavy atom. The minimum absolute atomic E-state index is 0. The summed E-state index contributed by atoms with van der Waals surface area (Å²) in [5, 5.41) is 6.33. The second-order valence-electron chi connectivity index (χ2n) is 7.54. The monoisotopic (exact) mass is 515 g/mol. The summed E-state index contributed by atoms with van der Waals surface area (Å²) in [7, 11) is 0. The summed E-state index contributed by atoms with van der Waals surface area (Å²) in [6.07, 6.45) is 1.12. The molecular formula is C22H38IN5O. The molecule has 2 N–H and O–H groups in total. The van der Waals surface area contributed by atoms with E-state index in [0.29, 0.717) is 19.1 Å². The van der Waals surface area contributed by atoms with E-state index in [1.165, 1.54) is 5.56 Å². The highest BCUT2D eigenvalue weighted by molar-refractivity contribution is 14.0. The van der Waals surface area contributed by atoms with Gasteiger partial charge < -0.3 is 15.5 Å². The molecule has 1 fully saturated rings. The molecule has 1 unspecified atom stereocenters. The number of amides is 1. The molecular weight excluding hydrogens is 477 g/mol. The lowest BCUT2D eigenvalue weighted by Gasteiger charge is -2.40. The van der Waals surface area contributed by atoms with Crippen molar-refractivity contribution in [2.45, 2.75) is 40.2 Å². The quantitative estimate of drug-likeness (QED) is 0.242. The van der Waals surface area contributed by atoms with Gasteiger partial charge in [-0.3, -0.25) is 14.7 Å². The van der Waals surface area contributed by atoms with Crippen molar-refractivity contribution in [2.24, 2.45) is 10.9 Å². The van der Waals surface area contributed by atoms with Crippen LogP contribution in [0.4, 0.5) is 0 Å². The molecule has 0 aromatic heterocycles. The number of nitrogens with one attached hydrogen (secondary N) is 2. The number of guanidine groups is 1. The van der Waals surface area contributed by atoms with E-state index in [2.05, 4.69) is 64.6 Å². The number of benzene rings is 1. The van der Waals surface area contributed by atoms with Crippen LogP contribution in [0, 0.1) is 5.92 Å². The van der Waals surface area contributed by atoms with Gasteiger partial charge >= 0.3 is 0 Å². The Hall–Kier alpha value is -1.35. The number of rotatable bonds is 8. The molecule has 1 atom stereocenters. The smallest absolute Gasteiger partial charge is 0.222 e. The summed E-state index contributed by atoms with van der Waals surface area (Å²) in [4.78, 5) is 21.3. The fourth-order valence-electron chi connectivity index (χ4n) is 3.60. The largest absolute Gasteiger partial charge is 0.357 e. The Morgan fingerprint density at radius 2 is 1.72 bits per heavy atom. The minimum atomic E-state index is 0. The highest BCUT2D eigenvalue weighted by Crippen LogP contribution is 2.25. The normalized spacial score (nSPS) is 16.3. The van der Waals surface area contributed by atoms with Crippen molar-refractivity contribution in [1.29, 1.82) is 0 Å². The third-order valence-corrected chi connectivity index (χ3v) is 5.16. The molecule has 0 radical (unpaired) electrons. The zero-order chi connectivity index (χ0) is 20.4. The number of halogens is 1. The molecule has 7 heteroatoms. The summed E-state index contributed by atoms with van der Waals surface area (Å²) in [5.74, 6) is 1.05. The van der Waals surface area contributed by atoms with E-state index in [1.807, 2.05) is 13.8 Å². The standard InChI is InChI=1S/C22H37N5O.HI/c1-5-20(19-10-8-7-9-11-19)26-14-16-27(17-15-26)22(23-6-2)25-13-12-24-21(28)18(3)4;/h7-11,18,20H,5-6,12-17H2,1-4H3,(H,23,25)(H,24,28);1H. The Balaban J connectivity index is 0.00000420. The molecule has 1 aromatic rings. The van der Waals surface area contributed by atoms with Crippen molar-refractivity contribution in [3.05, 3.63) is 35.9 Å². The van der Waals surface area contributed by atoms with Crippen LogP contribution >= 0.6 is 24.0 Å². The summed E-state index contributed by atoms with van der Waals surface area (Å²) in [5.41, 5.74) is 1.40. The van der Waals surface area contributed by atoms with E-state index >= 15 is 0 Å². The highest BCUT2D eigenvalue weighted by atomic mass is 127. The van der Waals surface area contributed by atoms with Crippen molar-refractivity contribution in [3.63, 3.8) is 0 Å². The molecule has 1 saturated heterocycles. The molecule has 0 aliphatic carbocycles. The second kappa shape index (κ2) is 13.8. The number of nitrogens with zero attached hydrogens (tertiary/aromatic N) is 3. The van der Waals surface area contributed by atoms with Gasteiger partial charge in [0.15, 0.2) is 5.96 Å². The van der Waals surface area contributed by atoms with Crippen LogP contribution in [0.15, 0.2) is 35.3 Å². The van der Waals surface area contributed by atoms with E-state index in [1.54, 1.807) is 0 Å². The van der Waals surface area contributed by atoms with Crippen LogP contribution in [0.5, 0.6) is 0 Å². The molecule has 1 heterocycles. The minimum Gasteiger partial charge on any atom is -0.357 e. The number of aliphatic imine (C=N–C) groups is 1. The zero-order valence-electron chi connectivity index (χ0n) is 18.4. The van der Waals surface area contributed by atoms with Gasteiger partial charge in [0.2, 0.25) is 5.91 Å². The van der Waals surface area contributed by atoms with Gasteiger partial charge in [-0.25, -0.2) is 0 Å².